The molecule has 2 rings (SSSR count). The maximum absolute atomic E-state index is 11.2. The molecule has 0 aromatic carbocycles. The first-order chi connectivity index (χ1) is 6.84. The molecule has 81 valence electrons. The Bertz CT molecular complexity index is 168. The van der Waals surface area contributed by atoms with Gasteiger partial charge in [0.25, 0.3) is 0 Å². The van der Waals surface area contributed by atoms with Crippen molar-refractivity contribution in [2.45, 2.75) is 44.2 Å². The van der Waals surface area contributed by atoms with Gasteiger partial charge in [-0.25, -0.2) is 5.11 Å². The summed E-state index contributed by atoms with van der Waals surface area (Å²) in [5, 5.41) is 11.2. The lowest BCUT2D eigenvalue weighted by molar-refractivity contribution is -0.226. The first-order valence-electron chi connectivity index (χ1n) is 5.35. The molecule has 4 nitrogen and oxygen atoms in total. The Balaban J connectivity index is 1.72. The number of hydrogen-bond donors (Lipinski definition) is 0. The standard InChI is InChI=1S/C10H17O4/c11-8-3-5-13-10(6-8)14-9-2-1-4-12-7-9/h8-10H,1-7H2. The second kappa shape index (κ2) is 5.07. The van der Waals surface area contributed by atoms with Crippen molar-refractivity contribution in [3.8, 4) is 0 Å². The highest BCUT2D eigenvalue weighted by molar-refractivity contribution is 4.68. The number of ether oxygens (including phenoxy) is 3. The van der Waals surface area contributed by atoms with Gasteiger partial charge in [-0.3, -0.25) is 0 Å². The van der Waals surface area contributed by atoms with Gasteiger partial charge in [-0.1, -0.05) is 0 Å². The molecule has 0 spiro atoms. The molecule has 3 atom stereocenters. The second-order valence-corrected chi connectivity index (χ2v) is 3.92. The fourth-order valence-corrected chi connectivity index (χ4v) is 1.86. The molecule has 0 amide bonds. The second-order valence-electron chi connectivity index (χ2n) is 3.92. The van der Waals surface area contributed by atoms with Crippen molar-refractivity contribution in [3.05, 3.63) is 0 Å². The van der Waals surface area contributed by atoms with E-state index in [4.69, 9.17) is 14.2 Å². The van der Waals surface area contributed by atoms with Gasteiger partial charge in [-0.05, 0) is 12.8 Å². The van der Waals surface area contributed by atoms with E-state index in [0.717, 1.165) is 19.4 Å². The summed E-state index contributed by atoms with van der Waals surface area (Å²) < 4.78 is 16.3. The van der Waals surface area contributed by atoms with Crippen molar-refractivity contribution in [1.29, 1.82) is 0 Å². The first kappa shape index (κ1) is 10.4. The van der Waals surface area contributed by atoms with Crippen LogP contribution in [-0.2, 0) is 19.3 Å². The molecule has 3 unspecified atom stereocenters. The Kier molecular flexibility index (Phi) is 3.75. The molecule has 0 saturated carbocycles. The molecule has 0 N–H and O–H groups in total. The van der Waals surface area contributed by atoms with Gasteiger partial charge in [0.2, 0.25) is 0 Å². The normalized spacial score (nSPS) is 39.6. The average Bonchev–Trinajstić information content (AvgIpc) is 2.19. The van der Waals surface area contributed by atoms with Crippen LogP contribution in [-0.4, -0.2) is 38.3 Å². The minimum Gasteiger partial charge on any atom is -0.379 e. The quantitative estimate of drug-likeness (QED) is 0.672. The molecule has 4 heteroatoms. The van der Waals surface area contributed by atoms with E-state index in [2.05, 4.69) is 0 Å². The van der Waals surface area contributed by atoms with Crippen molar-refractivity contribution < 1.29 is 19.3 Å². The first-order valence-corrected chi connectivity index (χ1v) is 5.35. The molecule has 2 aliphatic rings. The third-order valence-corrected chi connectivity index (χ3v) is 2.66. The van der Waals surface area contributed by atoms with E-state index in [9.17, 15) is 5.11 Å². The van der Waals surface area contributed by atoms with Crippen LogP contribution in [0.15, 0.2) is 0 Å². The fourth-order valence-electron chi connectivity index (χ4n) is 1.86. The molecule has 2 saturated heterocycles. The van der Waals surface area contributed by atoms with Gasteiger partial charge in [-0.2, -0.15) is 0 Å². The van der Waals surface area contributed by atoms with Gasteiger partial charge in [0, 0.05) is 19.4 Å². The van der Waals surface area contributed by atoms with Gasteiger partial charge in [-0.15, -0.1) is 0 Å². The van der Waals surface area contributed by atoms with Crippen LogP contribution in [0, 0.1) is 0 Å². The summed E-state index contributed by atoms with van der Waals surface area (Å²) in [5.74, 6) is 0. The minimum absolute atomic E-state index is 0.124. The molecular weight excluding hydrogens is 184 g/mol. The van der Waals surface area contributed by atoms with Gasteiger partial charge < -0.3 is 14.2 Å². The molecule has 1 radical (unpaired) electrons. The minimum atomic E-state index is -0.516. The Labute approximate surface area is 84.1 Å². The maximum Gasteiger partial charge on any atom is 0.160 e. The maximum atomic E-state index is 11.2. The van der Waals surface area contributed by atoms with Crippen molar-refractivity contribution in [1.82, 2.24) is 0 Å². The molecule has 0 aromatic rings. The highest BCUT2D eigenvalue weighted by Gasteiger charge is 2.26. The van der Waals surface area contributed by atoms with Crippen molar-refractivity contribution >= 4 is 0 Å². The highest BCUT2D eigenvalue weighted by atomic mass is 16.7. The predicted octanol–water partition coefficient (Wildman–Crippen LogP) is 1.12. The third-order valence-electron chi connectivity index (χ3n) is 2.66. The van der Waals surface area contributed by atoms with E-state index in [1.165, 1.54) is 0 Å². The summed E-state index contributed by atoms with van der Waals surface area (Å²) in [6.07, 6.45) is 2.47. The Morgan fingerprint density at radius 2 is 2.14 bits per heavy atom. The molecule has 0 bridgehead atoms. The van der Waals surface area contributed by atoms with E-state index in [-0.39, 0.29) is 12.4 Å². The average molecular weight is 201 g/mol. The number of hydrogen-bond acceptors (Lipinski definition) is 3. The largest absolute Gasteiger partial charge is 0.379 e. The van der Waals surface area contributed by atoms with Crippen molar-refractivity contribution in [2.24, 2.45) is 0 Å². The van der Waals surface area contributed by atoms with E-state index >= 15 is 0 Å². The lowest BCUT2D eigenvalue weighted by atomic mass is 10.1. The van der Waals surface area contributed by atoms with Crippen LogP contribution in [0.25, 0.3) is 0 Å². The molecule has 2 aliphatic heterocycles. The van der Waals surface area contributed by atoms with Gasteiger partial charge in [0.05, 0.1) is 25.4 Å². The molecule has 2 fully saturated rings. The van der Waals surface area contributed by atoms with Crippen LogP contribution in [0.5, 0.6) is 0 Å². The van der Waals surface area contributed by atoms with E-state index in [1.54, 1.807) is 0 Å². The molecule has 2 heterocycles. The third kappa shape index (κ3) is 2.92. The monoisotopic (exact) mass is 201 g/mol. The SMILES string of the molecule is [O]C1CCOC(OC2CCCOC2)C1. The summed E-state index contributed by atoms with van der Waals surface area (Å²) in [5.41, 5.74) is 0. The van der Waals surface area contributed by atoms with E-state index in [0.29, 0.717) is 26.1 Å². The highest BCUT2D eigenvalue weighted by Crippen LogP contribution is 2.19. The molecule has 0 aliphatic carbocycles. The summed E-state index contributed by atoms with van der Waals surface area (Å²) in [4.78, 5) is 0. The lowest BCUT2D eigenvalue weighted by Crippen LogP contribution is -2.36. The van der Waals surface area contributed by atoms with Crippen LogP contribution in [0.3, 0.4) is 0 Å². The smallest absolute Gasteiger partial charge is 0.160 e. The van der Waals surface area contributed by atoms with E-state index in [1.807, 2.05) is 0 Å². The van der Waals surface area contributed by atoms with E-state index < -0.39 is 6.10 Å². The van der Waals surface area contributed by atoms with Gasteiger partial charge >= 0.3 is 0 Å². The number of rotatable bonds is 2. The molecular formula is C10H17O4. The van der Waals surface area contributed by atoms with Crippen molar-refractivity contribution in [2.75, 3.05) is 19.8 Å². The Morgan fingerprint density at radius 3 is 2.86 bits per heavy atom. The summed E-state index contributed by atoms with van der Waals surface area (Å²) >= 11 is 0. The van der Waals surface area contributed by atoms with Gasteiger partial charge in [0.15, 0.2) is 6.29 Å². The topological polar surface area (TPSA) is 47.6 Å². The van der Waals surface area contributed by atoms with Gasteiger partial charge in [0.1, 0.15) is 0 Å². The van der Waals surface area contributed by atoms with Crippen LogP contribution < -0.4 is 0 Å². The molecule has 14 heavy (non-hydrogen) atoms. The zero-order valence-electron chi connectivity index (χ0n) is 8.31. The predicted molar refractivity (Wildman–Crippen MR) is 48.4 cm³/mol. The Morgan fingerprint density at radius 1 is 1.21 bits per heavy atom. The zero-order chi connectivity index (χ0) is 9.80. The van der Waals surface area contributed by atoms with Crippen LogP contribution in [0.4, 0.5) is 0 Å². The summed E-state index contributed by atoms with van der Waals surface area (Å²) in [6, 6.07) is 0. The van der Waals surface area contributed by atoms with Crippen molar-refractivity contribution in [3.63, 3.8) is 0 Å². The summed E-state index contributed by atoms with van der Waals surface area (Å²) in [6.45, 7) is 2.01. The molecule has 0 aromatic heterocycles. The van der Waals surface area contributed by atoms with Crippen LogP contribution in [0.1, 0.15) is 25.7 Å². The lowest BCUT2D eigenvalue weighted by Gasteiger charge is -2.30. The van der Waals surface area contributed by atoms with Crippen LogP contribution in [0.2, 0.25) is 0 Å². The Hall–Kier alpha value is -0.160. The van der Waals surface area contributed by atoms with Crippen LogP contribution >= 0.6 is 0 Å². The zero-order valence-corrected chi connectivity index (χ0v) is 8.31. The summed E-state index contributed by atoms with van der Waals surface area (Å²) in [7, 11) is 0. The fraction of sp³-hybridized carbons (Fsp3) is 1.00.